The average Bonchev–Trinajstić information content (AvgIpc) is 2.94. The van der Waals surface area contributed by atoms with Crippen molar-refractivity contribution in [2.24, 2.45) is 0 Å². The number of carbonyl (C=O) groups is 2. The van der Waals surface area contributed by atoms with Crippen LogP contribution in [0, 0.1) is 0 Å². The maximum atomic E-state index is 12.0. The molecule has 1 aromatic carbocycles. The first-order chi connectivity index (χ1) is 10.8. The number of benzene rings is 1. The predicted octanol–water partition coefficient (Wildman–Crippen LogP) is 0.806. The molecular formula is C16H22N2O4S. The molecule has 1 unspecified atom stereocenters. The quantitative estimate of drug-likeness (QED) is 0.803. The van der Waals surface area contributed by atoms with Crippen molar-refractivity contribution in [3.63, 3.8) is 0 Å². The van der Waals surface area contributed by atoms with Gasteiger partial charge in [0.25, 0.3) is 0 Å². The topological polar surface area (TPSA) is 92.3 Å². The van der Waals surface area contributed by atoms with Gasteiger partial charge in [-0.05, 0) is 44.4 Å². The molecule has 1 fully saturated rings. The highest BCUT2D eigenvalue weighted by Gasteiger charge is 2.26. The van der Waals surface area contributed by atoms with Crippen LogP contribution in [-0.2, 0) is 25.8 Å². The third-order valence-corrected chi connectivity index (χ3v) is 6.07. The lowest BCUT2D eigenvalue weighted by Gasteiger charge is -2.11. The van der Waals surface area contributed by atoms with Crippen LogP contribution in [0.3, 0.4) is 0 Å². The molecule has 0 radical (unpaired) electrons. The molecule has 0 spiro atoms. The van der Waals surface area contributed by atoms with E-state index in [0.29, 0.717) is 30.7 Å². The Balaban J connectivity index is 1.85. The molecule has 2 amide bonds. The maximum absolute atomic E-state index is 12.0. The lowest BCUT2D eigenvalue weighted by molar-refractivity contribution is -0.125. The van der Waals surface area contributed by atoms with Gasteiger partial charge in [-0.25, -0.2) is 8.42 Å². The Kier molecular flexibility index (Phi) is 5.41. The van der Waals surface area contributed by atoms with Gasteiger partial charge in [0.1, 0.15) is 6.04 Å². The van der Waals surface area contributed by atoms with E-state index in [4.69, 9.17) is 0 Å². The van der Waals surface area contributed by atoms with Crippen molar-refractivity contribution in [1.29, 1.82) is 0 Å². The Bertz CT molecular complexity index is 681. The van der Waals surface area contributed by atoms with Gasteiger partial charge in [-0.1, -0.05) is 12.1 Å². The smallest absolute Gasteiger partial charge is 0.242 e. The fourth-order valence-corrected chi connectivity index (χ4v) is 3.44. The second-order valence-electron chi connectivity index (χ2n) is 5.94. The lowest BCUT2D eigenvalue weighted by Crippen LogP contribution is -2.42. The molecule has 6 nitrogen and oxygen atoms in total. The molecule has 0 aliphatic carbocycles. The van der Waals surface area contributed by atoms with Gasteiger partial charge in [0.2, 0.25) is 11.8 Å². The Morgan fingerprint density at radius 2 is 1.96 bits per heavy atom. The van der Waals surface area contributed by atoms with Gasteiger partial charge in [-0.2, -0.15) is 0 Å². The standard InChI is InChI=1S/C16H22N2O4S/c1-11(2)23(21,22)13-5-3-12(4-6-13)9-10-17-16(20)14-7-8-15(19)18-14/h3-6,11,14H,7-10H2,1-2H3,(H,17,20)(H,18,19). The van der Waals surface area contributed by atoms with E-state index in [1.165, 1.54) is 0 Å². The first-order valence-electron chi connectivity index (χ1n) is 7.70. The van der Waals surface area contributed by atoms with Crippen LogP contribution in [0.25, 0.3) is 0 Å². The minimum absolute atomic E-state index is 0.0906. The second-order valence-corrected chi connectivity index (χ2v) is 8.44. The molecule has 2 rings (SSSR count). The van der Waals surface area contributed by atoms with Crippen molar-refractivity contribution in [3.05, 3.63) is 29.8 Å². The normalized spacial score (nSPS) is 18.0. The monoisotopic (exact) mass is 338 g/mol. The SMILES string of the molecule is CC(C)S(=O)(=O)c1ccc(CCNC(=O)C2CCC(=O)N2)cc1. The number of nitrogens with one attached hydrogen (secondary N) is 2. The van der Waals surface area contributed by atoms with E-state index in [-0.39, 0.29) is 11.8 Å². The largest absolute Gasteiger partial charge is 0.354 e. The molecule has 1 saturated heterocycles. The fourth-order valence-electron chi connectivity index (χ4n) is 2.38. The molecule has 1 aliphatic rings. The van der Waals surface area contributed by atoms with Gasteiger partial charge < -0.3 is 10.6 Å². The maximum Gasteiger partial charge on any atom is 0.242 e. The molecule has 1 atom stereocenters. The van der Waals surface area contributed by atoms with Crippen molar-refractivity contribution in [2.75, 3.05) is 6.54 Å². The summed E-state index contributed by atoms with van der Waals surface area (Å²) in [4.78, 5) is 23.2. The van der Waals surface area contributed by atoms with E-state index in [0.717, 1.165) is 5.56 Å². The number of rotatable bonds is 6. The van der Waals surface area contributed by atoms with Crippen LogP contribution in [0.5, 0.6) is 0 Å². The van der Waals surface area contributed by atoms with Crippen LogP contribution < -0.4 is 10.6 Å². The molecule has 1 aromatic rings. The number of hydrogen-bond acceptors (Lipinski definition) is 4. The highest BCUT2D eigenvalue weighted by Crippen LogP contribution is 2.16. The van der Waals surface area contributed by atoms with E-state index < -0.39 is 21.1 Å². The van der Waals surface area contributed by atoms with Gasteiger partial charge in [0.05, 0.1) is 10.1 Å². The van der Waals surface area contributed by atoms with Crippen molar-refractivity contribution in [3.8, 4) is 0 Å². The van der Waals surface area contributed by atoms with Crippen LogP contribution in [0.1, 0.15) is 32.3 Å². The first kappa shape index (κ1) is 17.5. The molecule has 23 heavy (non-hydrogen) atoms. The van der Waals surface area contributed by atoms with Gasteiger partial charge in [0, 0.05) is 13.0 Å². The highest BCUT2D eigenvalue weighted by atomic mass is 32.2. The van der Waals surface area contributed by atoms with E-state index in [9.17, 15) is 18.0 Å². The van der Waals surface area contributed by atoms with E-state index >= 15 is 0 Å². The highest BCUT2D eigenvalue weighted by molar-refractivity contribution is 7.92. The molecular weight excluding hydrogens is 316 g/mol. The van der Waals surface area contributed by atoms with Gasteiger partial charge in [-0.3, -0.25) is 9.59 Å². The summed E-state index contributed by atoms with van der Waals surface area (Å²) < 4.78 is 24.1. The molecule has 1 aliphatic heterocycles. The van der Waals surface area contributed by atoms with Crippen LogP contribution in [-0.4, -0.2) is 38.1 Å². The number of amides is 2. The van der Waals surface area contributed by atoms with Gasteiger partial charge in [0.15, 0.2) is 9.84 Å². The summed E-state index contributed by atoms with van der Waals surface area (Å²) in [5.74, 6) is -0.262. The Morgan fingerprint density at radius 1 is 1.30 bits per heavy atom. The molecule has 0 saturated carbocycles. The predicted molar refractivity (Wildman–Crippen MR) is 86.6 cm³/mol. The van der Waals surface area contributed by atoms with Crippen LogP contribution in [0.4, 0.5) is 0 Å². The summed E-state index contributed by atoms with van der Waals surface area (Å²) >= 11 is 0. The average molecular weight is 338 g/mol. The Labute approximate surface area is 136 Å². The van der Waals surface area contributed by atoms with Crippen molar-refractivity contribution in [2.45, 2.75) is 49.3 Å². The summed E-state index contributed by atoms with van der Waals surface area (Å²) in [6, 6.07) is 6.30. The van der Waals surface area contributed by atoms with Crippen LogP contribution in [0.15, 0.2) is 29.2 Å². The molecule has 126 valence electrons. The van der Waals surface area contributed by atoms with E-state index in [1.807, 2.05) is 0 Å². The van der Waals surface area contributed by atoms with Gasteiger partial charge in [-0.15, -0.1) is 0 Å². The third kappa shape index (κ3) is 4.31. The number of sulfone groups is 1. The zero-order valence-electron chi connectivity index (χ0n) is 13.3. The fraction of sp³-hybridized carbons (Fsp3) is 0.500. The Hall–Kier alpha value is -1.89. The molecule has 0 bridgehead atoms. The zero-order valence-corrected chi connectivity index (χ0v) is 14.2. The van der Waals surface area contributed by atoms with Crippen molar-refractivity contribution in [1.82, 2.24) is 10.6 Å². The first-order valence-corrected chi connectivity index (χ1v) is 9.25. The van der Waals surface area contributed by atoms with Crippen molar-refractivity contribution >= 4 is 21.7 Å². The lowest BCUT2D eigenvalue weighted by atomic mass is 10.1. The summed E-state index contributed by atoms with van der Waals surface area (Å²) in [6.07, 6.45) is 1.53. The summed E-state index contributed by atoms with van der Waals surface area (Å²) in [5, 5.41) is 4.95. The van der Waals surface area contributed by atoms with Gasteiger partial charge >= 0.3 is 0 Å². The van der Waals surface area contributed by atoms with E-state index in [2.05, 4.69) is 10.6 Å². The Morgan fingerprint density at radius 3 is 2.48 bits per heavy atom. The summed E-state index contributed by atoms with van der Waals surface area (Å²) in [7, 11) is -3.25. The third-order valence-electron chi connectivity index (χ3n) is 3.90. The zero-order chi connectivity index (χ0) is 17.0. The van der Waals surface area contributed by atoms with Crippen molar-refractivity contribution < 1.29 is 18.0 Å². The molecule has 1 heterocycles. The van der Waals surface area contributed by atoms with Crippen LogP contribution in [0.2, 0.25) is 0 Å². The van der Waals surface area contributed by atoms with E-state index in [1.54, 1.807) is 38.1 Å². The second kappa shape index (κ2) is 7.12. The molecule has 0 aromatic heterocycles. The summed E-state index contributed by atoms with van der Waals surface area (Å²) in [5.41, 5.74) is 0.948. The number of carbonyl (C=O) groups excluding carboxylic acids is 2. The number of hydrogen-bond donors (Lipinski definition) is 2. The minimum atomic E-state index is -3.25. The summed E-state index contributed by atoms with van der Waals surface area (Å²) in [6.45, 7) is 3.75. The minimum Gasteiger partial charge on any atom is -0.354 e. The van der Waals surface area contributed by atoms with Crippen LogP contribution >= 0.6 is 0 Å². The molecule has 7 heteroatoms. The molecule has 2 N–H and O–H groups in total.